The van der Waals surface area contributed by atoms with E-state index in [4.69, 9.17) is 5.11 Å². The summed E-state index contributed by atoms with van der Waals surface area (Å²) in [6.45, 7) is 1.59. The minimum Gasteiger partial charge on any atom is -0.464 e. The second-order valence-electron chi connectivity index (χ2n) is 1.89. The molecule has 0 unspecified atom stereocenters. The van der Waals surface area contributed by atoms with Gasteiger partial charge in [0, 0.05) is 6.54 Å². The van der Waals surface area contributed by atoms with Crippen LogP contribution in [0.1, 0.15) is 6.92 Å². The normalized spacial score (nSPS) is 11.1. The number of nitrogens with one attached hydrogen (secondary N) is 1. The summed E-state index contributed by atoms with van der Waals surface area (Å²) < 4.78 is 21.0. The van der Waals surface area contributed by atoms with Gasteiger partial charge in [0.2, 0.25) is 10.0 Å². The Hall–Kier alpha value is -0.820. The summed E-state index contributed by atoms with van der Waals surface area (Å²) in [6.07, 6.45) is -0.434. The van der Waals surface area contributed by atoms with Crippen LogP contribution in [0.15, 0.2) is 0 Å². The first-order valence-electron chi connectivity index (χ1n) is 2.84. The highest BCUT2D eigenvalue weighted by Crippen LogP contribution is 1.85. The molecule has 2 N–H and O–H groups in total. The molecule has 1 amide bonds. The van der Waals surface area contributed by atoms with Gasteiger partial charge in [0.25, 0.3) is 0 Å². The molecule has 0 fully saturated rings. The fourth-order valence-corrected chi connectivity index (χ4v) is 1.05. The maximum Gasteiger partial charge on any atom is 0.422 e. The monoisotopic (exact) mass is 182 g/mol. The number of carboxylic acid groups (broad SMARTS) is 1. The van der Waals surface area contributed by atoms with E-state index in [1.54, 1.807) is 0 Å². The Morgan fingerprint density at radius 1 is 1.64 bits per heavy atom. The second-order valence-corrected chi connectivity index (χ2v) is 3.62. The van der Waals surface area contributed by atoms with Gasteiger partial charge in [0.15, 0.2) is 0 Å². The molecule has 66 valence electrons. The molecule has 0 heterocycles. The van der Waals surface area contributed by atoms with Crippen LogP contribution in [0, 0.1) is 0 Å². The molecular formula is C4H10N2O4S. The van der Waals surface area contributed by atoms with Crippen LogP contribution in [0.2, 0.25) is 0 Å². The molecule has 0 saturated carbocycles. The zero-order chi connectivity index (χ0) is 9.07. The van der Waals surface area contributed by atoms with E-state index in [0.29, 0.717) is 5.01 Å². The predicted octanol–water partition coefficient (Wildman–Crippen LogP) is -0.550. The lowest BCUT2D eigenvalue weighted by Gasteiger charge is -2.15. The van der Waals surface area contributed by atoms with Gasteiger partial charge in [-0.05, 0) is 6.92 Å². The molecule has 0 bridgehead atoms. The summed E-state index contributed by atoms with van der Waals surface area (Å²) in [5, 5.41) is 8.91. The lowest BCUT2D eigenvalue weighted by Crippen LogP contribution is -2.44. The molecule has 0 aliphatic heterocycles. The Morgan fingerprint density at radius 3 is 2.18 bits per heavy atom. The second kappa shape index (κ2) is 3.54. The number of carbonyl (C=O) groups is 1. The number of rotatable bonds is 3. The number of sulfonamides is 1. The van der Waals surface area contributed by atoms with E-state index in [1.807, 2.05) is 4.83 Å². The first-order chi connectivity index (χ1) is 4.87. The third-order valence-electron chi connectivity index (χ3n) is 0.823. The first kappa shape index (κ1) is 10.2. The van der Waals surface area contributed by atoms with Crippen molar-refractivity contribution in [2.75, 3.05) is 12.8 Å². The third kappa shape index (κ3) is 4.57. The number of nitrogens with zero attached hydrogens (tertiary/aromatic N) is 1. The Balaban J connectivity index is 4.22. The van der Waals surface area contributed by atoms with E-state index in [9.17, 15) is 13.2 Å². The molecule has 0 radical (unpaired) electrons. The van der Waals surface area contributed by atoms with Crippen LogP contribution in [0.5, 0.6) is 0 Å². The van der Waals surface area contributed by atoms with Crippen molar-refractivity contribution in [2.24, 2.45) is 0 Å². The maximum absolute atomic E-state index is 10.5. The molecule has 6 nitrogen and oxygen atoms in total. The van der Waals surface area contributed by atoms with Crippen molar-refractivity contribution in [3.63, 3.8) is 0 Å². The first-order valence-corrected chi connectivity index (χ1v) is 4.74. The highest BCUT2D eigenvalue weighted by atomic mass is 32.2. The van der Waals surface area contributed by atoms with Crippen LogP contribution in [0.4, 0.5) is 4.79 Å². The zero-order valence-electron chi connectivity index (χ0n) is 6.23. The van der Waals surface area contributed by atoms with Crippen LogP contribution in [0.3, 0.4) is 0 Å². The van der Waals surface area contributed by atoms with Crippen molar-refractivity contribution in [3.05, 3.63) is 0 Å². The molecule has 0 aromatic heterocycles. The van der Waals surface area contributed by atoms with E-state index < -0.39 is 16.1 Å². The van der Waals surface area contributed by atoms with E-state index in [0.717, 1.165) is 6.26 Å². The third-order valence-corrected chi connectivity index (χ3v) is 1.38. The van der Waals surface area contributed by atoms with Crippen LogP contribution in [-0.4, -0.2) is 37.4 Å². The highest BCUT2D eigenvalue weighted by molar-refractivity contribution is 7.88. The molecule has 0 rings (SSSR count). The number of amides is 1. The average Bonchev–Trinajstić information content (AvgIpc) is 1.80. The molecular weight excluding hydrogens is 172 g/mol. The van der Waals surface area contributed by atoms with Gasteiger partial charge < -0.3 is 5.11 Å². The topological polar surface area (TPSA) is 86.7 Å². The fourth-order valence-electron chi connectivity index (χ4n) is 0.439. The molecule has 11 heavy (non-hydrogen) atoms. The lowest BCUT2D eigenvalue weighted by molar-refractivity contribution is 0.139. The minimum absolute atomic E-state index is 0.0718. The average molecular weight is 182 g/mol. The SMILES string of the molecule is CCN(NS(C)(=O)=O)C(=O)O. The van der Waals surface area contributed by atoms with Gasteiger partial charge in [-0.3, -0.25) is 0 Å². The fraction of sp³-hybridized carbons (Fsp3) is 0.750. The van der Waals surface area contributed by atoms with Crippen LogP contribution in [0.25, 0.3) is 0 Å². The van der Waals surface area contributed by atoms with Crippen molar-refractivity contribution < 1.29 is 18.3 Å². The van der Waals surface area contributed by atoms with Crippen molar-refractivity contribution in [1.82, 2.24) is 9.84 Å². The summed E-state index contributed by atoms with van der Waals surface area (Å²) in [7, 11) is -3.49. The van der Waals surface area contributed by atoms with Gasteiger partial charge in [-0.25, -0.2) is 18.2 Å². The molecule has 0 aromatic carbocycles. The lowest BCUT2D eigenvalue weighted by atomic mass is 10.7. The molecule has 0 atom stereocenters. The van der Waals surface area contributed by atoms with Crippen molar-refractivity contribution in [2.45, 2.75) is 6.92 Å². The Kier molecular flexibility index (Phi) is 3.27. The Morgan fingerprint density at radius 2 is 2.09 bits per heavy atom. The minimum atomic E-state index is -3.49. The standard InChI is InChI=1S/C4H10N2O4S/c1-3-6(4(7)8)5-11(2,9)10/h5H,3H2,1-2H3,(H,7,8). The van der Waals surface area contributed by atoms with Gasteiger partial charge in [0.05, 0.1) is 6.26 Å². The Labute approximate surface area is 64.8 Å². The molecule has 0 aliphatic carbocycles. The van der Waals surface area contributed by atoms with Crippen LogP contribution >= 0.6 is 0 Å². The summed E-state index contributed by atoms with van der Waals surface area (Å²) in [4.78, 5) is 12.0. The highest BCUT2D eigenvalue weighted by Gasteiger charge is 2.12. The Bertz CT molecular complexity index is 234. The van der Waals surface area contributed by atoms with Crippen molar-refractivity contribution in [3.8, 4) is 0 Å². The van der Waals surface area contributed by atoms with Gasteiger partial charge in [-0.1, -0.05) is 0 Å². The number of hydrogen-bond acceptors (Lipinski definition) is 3. The van der Waals surface area contributed by atoms with Gasteiger partial charge in [-0.2, -0.15) is 0 Å². The summed E-state index contributed by atoms with van der Waals surface area (Å²) in [5.74, 6) is 0. The molecule has 0 aliphatic rings. The quantitative estimate of drug-likeness (QED) is 0.573. The van der Waals surface area contributed by atoms with E-state index in [2.05, 4.69) is 0 Å². The van der Waals surface area contributed by atoms with Crippen molar-refractivity contribution >= 4 is 16.1 Å². The zero-order valence-corrected chi connectivity index (χ0v) is 7.05. The van der Waals surface area contributed by atoms with E-state index in [1.165, 1.54) is 6.92 Å². The maximum atomic E-state index is 10.5. The molecule has 0 aromatic rings. The van der Waals surface area contributed by atoms with E-state index >= 15 is 0 Å². The summed E-state index contributed by atoms with van der Waals surface area (Å²) in [5.41, 5.74) is 0. The number of hydrazine groups is 1. The largest absolute Gasteiger partial charge is 0.464 e. The van der Waals surface area contributed by atoms with Crippen LogP contribution < -0.4 is 4.83 Å². The molecule has 7 heteroatoms. The summed E-state index contributed by atoms with van der Waals surface area (Å²) in [6, 6.07) is 0. The van der Waals surface area contributed by atoms with Crippen LogP contribution in [-0.2, 0) is 10.0 Å². The smallest absolute Gasteiger partial charge is 0.422 e. The van der Waals surface area contributed by atoms with Gasteiger partial charge in [0.1, 0.15) is 0 Å². The predicted molar refractivity (Wildman–Crippen MR) is 38.4 cm³/mol. The molecule has 0 saturated heterocycles. The van der Waals surface area contributed by atoms with Gasteiger partial charge in [-0.15, -0.1) is 4.83 Å². The van der Waals surface area contributed by atoms with E-state index in [-0.39, 0.29) is 6.54 Å². The van der Waals surface area contributed by atoms with Crippen molar-refractivity contribution in [1.29, 1.82) is 0 Å². The van der Waals surface area contributed by atoms with Gasteiger partial charge >= 0.3 is 6.09 Å². The summed E-state index contributed by atoms with van der Waals surface area (Å²) >= 11 is 0. The molecule has 0 spiro atoms. The number of hydrogen-bond donors (Lipinski definition) is 2.